The van der Waals surface area contributed by atoms with E-state index in [1.54, 1.807) is 11.8 Å². The van der Waals surface area contributed by atoms with Gasteiger partial charge in [-0.25, -0.2) is 9.59 Å². The Kier molecular flexibility index (Phi) is 21.7. The zero-order valence-electron chi connectivity index (χ0n) is 29.1. The van der Waals surface area contributed by atoms with E-state index >= 15 is 0 Å². The molecular weight excluding hydrogens is 945 g/mol. The predicted octanol–water partition coefficient (Wildman–Crippen LogP) is 9.08. The van der Waals surface area contributed by atoms with Crippen molar-refractivity contribution in [1.29, 1.82) is 0 Å². The minimum Gasteiger partial charge on any atom is -0.452 e. The fourth-order valence-electron chi connectivity index (χ4n) is 5.88. The second-order valence-electron chi connectivity index (χ2n) is 13.5. The van der Waals surface area contributed by atoms with Gasteiger partial charge in [0.2, 0.25) is 0 Å². The van der Waals surface area contributed by atoms with Gasteiger partial charge in [-0.1, -0.05) is 51.4 Å². The van der Waals surface area contributed by atoms with Gasteiger partial charge in [0, 0.05) is 61.7 Å². The summed E-state index contributed by atoms with van der Waals surface area (Å²) in [5.74, 6) is 0. The van der Waals surface area contributed by atoms with Crippen LogP contribution in [0.4, 0.5) is 9.59 Å². The normalized spacial score (nSPS) is 23.1. The van der Waals surface area contributed by atoms with Gasteiger partial charge in [0.05, 0.1) is 29.4 Å². The van der Waals surface area contributed by atoms with E-state index in [0.717, 1.165) is 13.0 Å². The molecule has 0 spiro atoms. The molecule has 0 N–H and O–H groups in total. The number of hydrogen-bond acceptors (Lipinski definition) is 8. The van der Waals surface area contributed by atoms with Crippen molar-refractivity contribution >= 4 is 89.8 Å². The summed E-state index contributed by atoms with van der Waals surface area (Å²) in [6.07, 6.45) is 18.2. The Labute approximate surface area is 315 Å². The number of allylic oxidation sites excluding steroid dienone is 2. The molecule has 45 heavy (non-hydrogen) atoms. The Hall–Kier alpha value is -0.156. The van der Waals surface area contributed by atoms with Gasteiger partial charge in [-0.15, -0.1) is 24.0 Å². The lowest BCUT2D eigenvalue weighted by Gasteiger charge is -2.41. The van der Waals surface area contributed by atoms with Gasteiger partial charge in [-0.3, -0.25) is 14.7 Å². The molecule has 4 aliphatic rings. The van der Waals surface area contributed by atoms with Crippen molar-refractivity contribution < 1.29 is 23.8 Å². The third-order valence-electron chi connectivity index (χ3n) is 8.29. The number of likely N-dealkylation sites (tertiary alicyclic amines) is 2. The first-order chi connectivity index (χ1) is 20.6. The molecule has 14 heteroatoms. The molecule has 0 radical (unpaired) electrons. The minimum atomic E-state index is -1.29. The molecule has 0 aromatic heterocycles. The molecule has 0 bridgehead atoms. The van der Waals surface area contributed by atoms with Crippen LogP contribution < -0.4 is 0 Å². The summed E-state index contributed by atoms with van der Waals surface area (Å²) < 4.78 is 15.3. The SMILES string of the molecule is CN1CCC[C@H]1C1=CN([Si](C)(C)C)C=CC1[Si](C)(C)C.COC(=O)N1C=CCC([C@@H]2CCCN2C)=C1.COC(=O)OC.I.II. The highest BCUT2D eigenvalue weighted by molar-refractivity contribution is 15.0. The van der Waals surface area contributed by atoms with Gasteiger partial charge in [-0.05, 0) is 88.4 Å². The maximum Gasteiger partial charge on any atom is 0.507 e. The number of hydrogen-bond donors (Lipinski definition) is 0. The van der Waals surface area contributed by atoms with Crippen LogP contribution in [0.3, 0.4) is 0 Å². The van der Waals surface area contributed by atoms with Gasteiger partial charge < -0.3 is 18.8 Å². The molecule has 4 rings (SSSR count). The summed E-state index contributed by atoms with van der Waals surface area (Å²) in [4.78, 5) is 27.6. The van der Waals surface area contributed by atoms with E-state index < -0.39 is 22.5 Å². The quantitative estimate of drug-likeness (QED) is 0.157. The van der Waals surface area contributed by atoms with E-state index in [9.17, 15) is 9.59 Å². The van der Waals surface area contributed by atoms with Crippen LogP contribution in [0.15, 0.2) is 48.1 Å². The van der Waals surface area contributed by atoms with Crippen LogP contribution in [-0.4, -0.2) is 108 Å². The smallest absolute Gasteiger partial charge is 0.452 e. The molecule has 2 saturated heterocycles. The first-order valence-corrected chi connectivity index (χ1v) is 28.5. The Morgan fingerprint density at radius 3 is 1.76 bits per heavy atom. The van der Waals surface area contributed by atoms with Gasteiger partial charge in [-0.2, -0.15) is 0 Å². The molecule has 0 aliphatic carbocycles. The number of ether oxygens (including phenoxy) is 3. The summed E-state index contributed by atoms with van der Waals surface area (Å²) in [5, 5.41) is 0. The first kappa shape index (κ1) is 44.8. The topological polar surface area (TPSA) is 74.8 Å². The Bertz CT molecular complexity index is 1040. The van der Waals surface area contributed by atoms with E-state index in [2.05, 4.69) is 133 Å². The van der Waals surface area contributed by atoms with E-state index in [1.807, 2.05) is 12.3 Å². The molecule has 0 aromatic rings. The fraction of sp³-hybridized carbons (Fsp3) is 0.677. The molecule has 1 unspecified atom stereocenters. The number of methoxy groups -OCH3 is 3. The number of carbonyl (C=O) groups excluding carboxylic acids is 2. The van der Waals surface area contributed by atoms with Crippen LogP contribution in [0.1, 0.15) is 32.1 Å². The van der Waals surface area contributed by atoms with Crippen molar-refractivity contribution in [2.75, 3.05) is 48.5 Å². The van der Waals surface area contributed by atoms with Crippen LogP contribution in [0, 0.1) is 0 Å². The molecule has 3 atom stereocenters. The highest BCUT2D eigenvalue weighted by Crippen LogP contribution is 2.41. The van der Waals surface area contributed by atoms with Gasteiger partial charge in [0.1, 0.15) is 0 Å². The van der Waals surface area contributed by atoms with Gasteiger partial charge in [0.15, 0.2) is 8.24 Å². The second kappa shape index (κ2) is 21.7. The number of carbonyl (C=O) groups is 2. The van der Waals surface area contributed by atoms with Crippen molar-refractivity contribution in [3.8, 4) is 0 Å². The number of nitrogens with zero attached hydrogens (tertiary/aromatic N) is 4. The molecule has 4 heterocycles. The van der Waals surface area contributed by atoms with Crippen molar-refractivity contribution in [2.45, 2.75) is 89.0 Å². The summed E-state index contributed by atoms with van der Waals surface area (Å²) in [7, 11) is 5.86. The lowest BCUT2D eigenvalue weighted by Crippen LogP contribution is -2.44. The van der Waals surface area contributed by atoms with E-state index in [0.29, 0.717) is 17.6 Å². The van der Waals surface area contributed by atoms with Crippen molar-refractivity contribution in [3.05, 3.63) is 48.1 Å². The maximum atomic E-state index is 11.4. The zero-order valence-corrected chi connectivity index (χ0v) is 37.8. The van der Waals surface area contributed by atoms with Crippen molar-refractivity contribution in [2.24, 2.45) is 0 Å². The molecule has 0 saturated carbocycles. The minimum absolute atomic E-state index is 0. The van der Waals surface area contributed by atoms with Crippen LogP contribution in [0.25, 0.3) is 0 Å². The summed E-state index contributed by atoms with van der Waals surface area (Å²) in [6.45, 7) is 17.2. The Morgan fingerprint density at radius 1 is 0.822 bits per heavy atom. The average molecular weight is 1000 g/mol. The number of likely N-dealkylation sites (N-methyl/N-ethyl adjacent to an activating group) is 2. The van der Waals surface area contributed by atoms with Crippen LogP contribution >= 0.6 is 61.2 Å². The van der Waals surface area contributed by atoms with Gasteiger partial charge >= 0.3 is 12.2 Å². The van der Waals surface area contributed by atoms with Crippen molar-refractivity contribution in [1.82, 2.24) is 19.3 Å². The van der Waals surface area contributed by atoms with Crippen molar-refractivity contribution in [3.63, 3.8) is 0 Å². The number of rotatable bonds is 4. The highest BCUT2D eigenvalue weighted by atomic mass is 128. The monoisotopic (exact) mass is 1000 g/mol. The average Bonchev–Trinajstić information content (AvgIpc) is 3.64. The maximum absolute atomic E-state index is 11.4. The third kappa shape index (κ3) is 14.5. The predicted molar refractivity (Wildman–Crippen MR) is 220 cm³/mol. The largest absolute Gasteiger partial charge is 0.507 e. The van der Waals surface area contributed by atoms with E-state index in [4.69, 9.17) is 4.74 Å². The lowest BCUT2D eigenvalue weighted by atomic mass is 10.0. The van der Waals surface area contributed by atoms with Crippen LogP contribution in [-0.2, 0) is 14.2 Å². The molecule has 9 nitrogen and oxygen atoms in total. The number of halogens is 3. The van der Waals surface area contributed by atoms with Crippen LogP contribution in [0.2, 0.25) is 44.8 Å². The Balaban J connectivity index is 0.000000694. The molecule has 260 valence electrons. The molecule has 2 fully saturated rings. The first-order valence-electron chi connectivity index (χ1n) is 15.2. The zero-order chi connectivity index (χ0) is 33.7. The summed E-state index contributed by atoms with van der Waals surface area (Å²) in [5.41, 5.74) is 3.71. The fourth-order valence-corrected chi connectivity index (χ4v) is 8.88. The second-order valence-corrected chi connectivity index (χ2v) is 23.7. The summed E-state index contributed by atoms with van der Waals surface area (Å²) in [6, 6.07) is 1.16. The highest BCUT2D eigenvalue weighted by Gasteiger charge is 2.38. The summed E-state index contributed by atoms with van der Waals surface area (Å²) >= 11 is 4.24. The number of amides is 1. The standard InChI is InChI=1S/C16H32N2Si2.C12H18N2O2.C3H6O3.I2.HI/c1-17-11-8-9-15(17)14-13-18(20(5,6)7)12-10-16(14)19(2,3)4;1-13-7-4-6-11(13)10-5-3-8-14(9-10)12(15)16-2;1-5-3(4)6-2;1-2;/h10,12-13,15-16H,8-9,11H2,1-7H3;3,8-9,11H,4-7H2,1-2H3;1-2H3;;1H/t15-,16?;11-;;;/m00.../s1. The molecule has 0 aromatic carbocycles. The van der Waals surface area contributed by atoms with Gasteiger partial charge in [0.25, 0.3) is 0 Å². The van der Waals surface area contributed by atoms with E-state index in [1.165, 1.54) is 64.0 Å². The molecular formula is C31H57I3N4O5Si2. The Morgan fingerprint density at radius 2 is 1.36 bits per heavy atom. The third-order valence-corrected chi connectivity index (χ3v) is 12.5. The van der Waals surface area contributed by atoms with E-state index in [-0.39, 0.29) is 30.1 Å². The lowest BCUT2D eigenvalue weighted by molar-refractivity contribution is 0.0924. The molecule has 4 aliphatic heterocycles. The van der Waals surface area contributed by atoms with Crippen LogP contribution in [0.5, 0.6) is 0 Å². The molecule has 1 amide bonds.